The van der Waals surface area contributed by atoms with Crippen LogP contribution in [0.4, 0.5) is 0 Å². The van der Waals surface area contributed by atoms with Crippen LogP contribution in [0, 0.1) is 0 Å². The molecule has 0 radical (unpaired) electrons. The first-order valence-corrected chi connectivity index (χ1v) is 6.54. The molecular weight excluding hydrogens is 302 g/mol. The Bertz CT molecular complexity index is 482. The van der Waals surface area contributed by atoms with Crippen molar-refractivity contribution in [2.75, 3.05) is 0 Å². The third-order valence-corrected chi connectivity index (χ3v) is 3.59. The van der Waals surface area contributed by atoms with Crippen molar-refractivity contribution < 1.29 is 14.7 Å². The van der Waals surface area contributed by atoms with Crippen LogP contribution in [0.25, 0.3) is 0 Å². The summed E-state index contributed by atoms with van der Waals surface area (Å²) < 4.78 is 0.685. The van der Waals surface area contributed by atoms with Gasteiger partial charge in [-0.1, -0.05) is 0 Å². The van der Waals surface area contributed by atoms with E-state index in [0.29, 0.717) is 10.4 Å². The molecule has 0 aromatic carbocycles. The molecule has 1 aromatic heterocycles. The quantitative estimate of drug-likeness (QED) is 0.769. The Morgan fingerprint density at radius 2 is 2.28 bits per heavy atom. The number of hydrogen-bond acceptors (Lipinski definition) is 3. The van der Waals surface area contributed by atoms with Crippen LogP contribution in [0.2, 0.25) is 0 Å². The Balaban J connectivity index is 2.02. The first kappa shape index (κ1) is 13.1. The lowest BCUT2D eigenvalue weighted by atomic mass is 10.2. The van der Waals surface area contributed by atoms with Gasteiger partial charge < -0.3 is 10.4 Å². The van der Waals surface area contributed by atoms with Crippen molar-refractivity contribution >= 4 is 27.8 Å². The van der Waals surface area contributed by atoms with Crippen molar-refractivity contribution in [3.63, 3.8) is 0 Å². The van der Waals surface area contributed by atoms with Crippen LogP contribution in [-0.2, 0) is 4.79 Å². The average Bonchev–Trinajstić information content (AvgIpc) is 3.01. The second kappa shape index (κ2) is 5.09. The number of H-pyrrole nitrogens is 1. The van der Waals surface area contributed by atoms with Crippen molar-refractivity contribution in [3.05, 3.63) is 15.9 Å². The Morgan fingerprint density at radius 3 is 2.83 bits per heavy atom. The summed E-state index contributed by atoms with van der Waals surface area (Å²) in [5, 5.41) is 18.1. The molecule has 98 valence electrons. The maximum Gasteiger partial charge on any atom is 0.305 e. The number of rotatable bonds is 5. The van der Waals surface area contributed by atoms with Crippen LogP contribution < -0.4 is 5.32 Å². The minimum atomic E-state index is -0.942. The number of hydrogen-bond donors (Lipinski definition) is 3. The number of aromatic nitrogens is 2. The van der Waals surface area contributed by atoms with Gasteiger partial charge in [-0.15, -0.1) is 0 Å². The number of aromatic amines is 1. The maximum atomic E-state index is 11.9. The van der Waals surface area contributed by atoms with E-state index in [1.165, 1.54) is 0 Å². The van der Waals surface area contributed by atoms with Gasteiger partial charge in [0, 0.05) is 12.0 Å². The standard InChI is InChI=1S/C11H14BrN3O3/c1-5(4-7(16)17)13-11(18)10-8(12)9(14-15-10)6-2-3-6/h5-6H,2-4H2,1H3,(H,13,18)(H,14,15)(H,16,17). The molecule has 1 aliphatic rings. The fourth-order valence-corrected chi connectivity index (χ4v) is 2.42. The minimum absolute atomic E-state index is 0.108. The van der Waals surface area contributed by atoms with Gasteiger partial charge in [0.1, 0.15) is 0 Å². The minimum Gasteiger partial charge on any atom is -0.481 e. The van der Waals surface area contributed by atoms with Crippen LogP contribution in [0.1, 0.15) is 48.3 Å². The Morgan fingerprint density at radius 1 is 1.61 bits per heavy atom. The third-order valence-electron chi connectivity index (χ3n) is 2.79. The number of carboxylic acids is 1. The summed E-state index contributed by atoms with van der Waals surface area (Å²) in [5.41, 5.74) is 1.24. The van der Waals surface area contributed by atoms with E-state index in [4.69, 9.17) is 5.11 Å². The van der Waals surface area contributed by atoms with E-state index in [0.717, 1.165) is 18.5 Å². The molecule has 1 aromatic rings. The highest BCUT2D eigenvalue weighted by atomic mass is 79.9. The molecule has 1 saturated carbocycles. The summed E-state index contributed by atoms with van der Waals surface area (Å²) in [7, 11) is 0. The van der Waals surface area contributed by atoms with Gasteiger partial charge in [0.05, 0.1) is 16.6 Å². The molecule has 1 aliphatic carbocycles. The third kappa shape index (κ3) is 2.90. The molecular formula is C11H14BrN3O3. The van der Waals surface area contributed by atoms with Gasteiger partial charge in [0.15, 0.2) is 5.69 Å². The molecule has 1 fully saturated rings. The van der Waals surface area contributed by atoms with Gasteiger partial charge in [0.25, 0.3) is 5.91 Å². The zero-order chi connectivity index (χ0) is 13.3. The number of amides is 1. The number of nitrogens with one attached hydrogen (secondary N) is 2. The zero-order valence-electron chi connectivity index (χ0n) is 9.86. The van der Waals surface area contributed by atoms with E-state index in [-0.39, 0.29) is 18.0 Å². The highest BCUT2D eigenvalue weighted by Gasteiger charge is 2.30. The summed E-state index contributed by atoms with van der Waals surface area (Å²) in [5.74, 6) is -0.841. The first-order chi connectivity index (χ1) is 8.49. The summed E-state index contributed by atoms with van der Waals surface area (Å²) in [6.45, 7) is 1.65. The molecule has 1 atom stereocenters. The van der Waals surface area contributed by atoms with E-state index >= 15 is 0 Å². The highest BCUT2D eigenvalue weighted by Crippen LogP contribution is 2.42. The fraction of sp³-hybridized carbons (Fsp3) is 0.545. The van der Waals surface area contributed by atoms with Crippen LogP contribution in [-0.4, -0.2) is 33.2 Å². The molecule has 1 unspecified atom stereocenters. The van der Waals surface area contributed by atoms with E-state index < -0.39 is 12.0 Å². The topological polar surface area (TPSA) is 95.1 Å². The van der Waals surface area contributed by atoms with Crippen LogP contribution in [0.15, 0.2) is 4.47 Å². The lowest BCUT2D eigenvalue weighted by molar-refractivity contribution is -0.137. The van der Waals surface area contributed by atoms with Gasteiger partial charge in [-0.25, -0.2) is 0 Å². The monoisotopic (exact) mass is 315 g/mol. The molecule has 1 heterocycles. The Kier molecular flexibility index (Phi) is 3.70. The van der Waals surface area contributed by atoms with Crippen LogP contribution in [0.3, 0.4) is 0 Å². The number of carbonyl (C=O) groups excluding carboxylic acids is 1. The maximum absolute atomic E-state index is 11.9. The molecule has 2 rings (SSSR count). The van der Waals surface area contributed by atoms with Crippen molar-refractivity contribution in [1.82, 2.24) is 15.5 Å². The molecule has 1 amide bonds. The highest BCUT2D eigenvalue weighted by molar-refractivity contribution is 9.10. The second-order valence-corrected chi connectivity index (χ2v) is 5.34. The summed E-state index contributed by atoms with van der Waals surface area (Å²) in [6, 6.07) is -0.428. The molecule has 0 saturated heterocycles. The first-order valence-electron chi connectivity index (χ1n) is 5.75. The number of nitrogens with zero attached hydrogens (tertiary/aromatic N) is 1. The molecule has 3 N–H and O–H groups in total. The van der Waals surface area contributed by atoms with Gasteiger partial charge in [-0.3, -0.25) is 14.7 Å². The molecule has 0 aliphatic heterocycles. The predicted molar refractivity (Wildman–Crippen MR) is 67.4 cm³/mol. The van der Waals surface area contributed by atoms with Gasteiger partial charge in [-0.2, -0.15) is 5.10 Å². The van der Waals surface area contributed by atoms with Crippen LogP contribution >= 0.6 is 15.9 Å². The van der Waals surface area contributed by atoms with E-state index in [1.54, 1.807) is 6.92 Å². The van der Waals surface area contributed by atoms with E-state index in [9.17, 15) is 9.59 Å². The fourth-order valence-electron chi connectivity index (χ4n) is 1.74. The SMILES string of the molecule is CC(CC(=O)O)NC(=O)c1n[nH]c(C2CC2)c1Br. The summed E-state index contributed by atoms with van der Waals surface area (Å²) in [4.78, 5) is 22.4. The van der Waals surface area contributed by atoms with Crippen LogP contribution in [0.5, 0.6) is 0 Å². The van der Waals surface area contributed by atoms with Crippen molar-refractivity contribution in [1.29, 1.82) is 0 Å². The molecule has 0 bridgehead atoms. The number of aliphatic carboxylic acids is 1. The number of carboxylic acid groups (broad SMARTS) is 1. The van der Waals surface area contributed by atoms with Gasteiger partial charge in [-0.05, 0) is 35.7 Å². The summed E-state index contributed by atoms with van der Waals surface area (Å²) in [6.07, 6.45) is 2.11. The molecule has 7 heteroatoms. The molecule has 6 nitrogen and oxygen atoms in total. The lowest BCUT2D eigenvalue weighted by Gasteiger charge is -2.10. The number of halogens is 1. The van der Waals surface area contributed by atoms with Gasteiger partial charge >= 0.3 is 5.97 Å². The summed E-state index contributed by atoms with van der Waals surface area (Å²) >= 11 is 3.36. The normalized spacial score (nSPS) is 16.3. The molecule has 0 spiro atoms. The zero-order valence-corrected chi connectivity index (χ0v) is 11.5. The lowest BCUT2D eigenvalue weighted by Crippen LogP contribution is -2.34. The second-order valence-electron chi connectivity index (χ2n) is 4.55. The molecule has 18 heavy (non-hydrogen) atoms. The van der Waals surface area contributed by atoms with Crippen molar-refractivity contribution in [2.45, 2.75) is 38.1 Å². The smallest absolute Gasteiger partial charge is 0.305 e. The largest absolute Gasteiger partial charge is 0.481 e. The van der Waals surface area contributed by atoms with E-state index in [1.807, 2.05) is 0 Å². The van der Waals surface area contributed by atoms with E-state index in [2.05, 4.69) is 31.4 Å². The van der Waals surface area contributed by atoms with Gasteiger partial charge in [0.2, 0.25) is 0 Å². The predicted octanol–water partition coefficient (Wildman–Crippen LogP) is 1.64. The number of carbonyl (C=O) groups is 2. The van der Waals surface area contributed by atoms with Crippen molar-refractivity contribution in [3.8, 4) is 0 Å². The Hall–Kier alpha value is -1.37. The van der Waals surface area contributed by atoms with Crippen molar-refractivity contribution in [2.24, 2.45) is 0 Å². The Labute approximate surface area is 112 Å². The average molecular weight is 316 g/mol.